The van der Waals surface area contributed by atoms with E-state index in [9.17, 15) is 18.0 Å². The number of rotatable bonds is 3. The Morgan fingerprint density at radius 1 is 1.19 bits per heavy atom. The van der Waals surface area contributed by atoms with Crippen molar-refractivity contribution in [1.82, 2.24) is 0 Å². The van der Waals surface area contributed by atoms with Crippen molar-refractivity contribution in [3.05, 3.63) is 29.3 Å². The fraction of sp³-hybridized carbons (Fsp3) is 0. The lowest BCUT2D eigenvalue weighted by atomic mass is 10.1. The van der Waals surface area contributed by atoms with E-state index >= 15 is 0 Å². The van der Waals surface area contributed by atoms with Gasteiger partial charge in [0.2, 0.25) is 0 Å². The van der Waals surface area contributed by atoms with E-state index in [0.717, 1.165) is 12.1 Å². The van der Waals surface area contributed by atoms with Crippen LogP contribution in [0.25, 0.3) is 0 Å². The smallest absolute Gasteiger partial charge is 0.338 e. The molecule has 0 atom stereocenters. The summed E-state index contributed by atoms with van der Waals surface area (Å²) in [7, 11) is -4.80. The number of hydrogen-bond acceptors (Lipinski definition) is 4. The fourth-order valence-electron chi connectivity index (χ4n) is 1.08. The van der Waals surface area contributed by atoms with Gasteiger partial charge in [-0.1, -0.05) is 6.07 Å². The van der Waals surface area contributed by atoms with Crippen LogP contribution in [0.2, 0.25) is 0 Å². The topological polar surface area (TPSA) is 129 Å². The molecule has 0 bridgehead atoms. The van der Waals surface area contributed by atoms with E-state index in [1.807, 2.05) is 0 Å². The maximum absolute atomic E-state index is 10.8. The quantitative estimate of drug-likeness (QED) is 0.645. The average Bonchev–Trinajstić information content (AvgIpc) is 2.14. The third-order valence-corrected chi connectivity index (χ3v) is 2.56. The molecule has 0 fully saturated rings. The standard InChI is InChI=1S/C8H5O7S/c9-7(10)4-2-1-3-5(16(13,14)15)6(4)8(11)12/h1,3H,(H,9,10)(H,11,12)(H,13,14,15). The van der Waals surface area contributed by atoms with Gasteiger partial charge in [-0.25, -0.2) is 9.59 Å². The number of carboxylic acids is 2. The fourth-order valence-corrected chi connectivity index (χ4v) is 1.76. The van der Waals surface area contributed by atoms with Crippen molar-refractivity contribution in [1.29, 1.82) is 0 Å². The molecular weight excluding hydrogens is 240 g/mol. The van der Waals surface area contributed by atoms with E-state index in [2.05, 4.69) is 6.07 Å². The minimum absolute atomic E-state index is 0.755. The lowest BCUT2D eigenvalue weighted by molar-refractivity contribution is 0.0647. The molecule has 0 spiro atoms. The van der Waals surface area contributed by atoms with Gasteiger partial charge in [-0.15, -0.1) is 0 Å². The summed E-state index contributed by atoms with van der Waals surface area (Å²) in [5.74, 6) is -3.43. The van der Waals surface area contributed by atoms with Gasteiger partial charge in [0.1, 0.15) is 4.90 Å². The first-order valence-electron chi connectivity index (χ1n) is 3.74. The Balaban J connectivity index is 3.72. The molecule has 0 saturated carbocycles. The lowest BCUT2D eigenvalue weighted by Gasteiger charge is -2.05. The number of carboxylic acid groups (broad SMARTS) is 2. The van der Waals surface area contributed by atoms with Crippen LogP contribution in [0.3, 0.4) is 0 Å². The molecule has 0 heterocycles. The van der Waals surface area contributed by atoms with Gasteiger partial charge < -0.3 is 10.2 Å². The van der Waals surface area contributed by atoms with Gasteiger partial charge in [-0.3, -0.25) is 4.55 Å². The van der Waals surface area contributed by atoms with Gasteiger partial charge in [0.05, 0.1) is 11.1 Å². The highest BCUT2D eigenvalue weighted by Crippen LogP contribution is 2.19. The molecule has 0 aliphatic carbocycles. The molecule has 1 rings (SSSR count). The molecule has 1 aromatic carbocycles. The summed E-state index contributed by atoms with van der Waals surface area (Å²) in [4.78, 5) is 20.4. The van der Waals surface area contributed by atoms with Crippen LogP contribution in [-0.2, 0) is 10.1 Å². The van der Waals surface area contributed by atoms with Crippen molar-refractivity contribution >= 4 is 22.1 Å². The van der Waals surface area contributed by atoms with Gasteiger partial charge in [0, 0.05) is 0 Å². The van der Waals surface area contributed by atoms with Crippen molar-refractivity contribution in [3.8, 4) is 0 Å². The van der Waals surface area contributed by atoms with E-state index in [1.54, 1.807) is 0 Å². The molecular formula is C8H5O7S. The Kier molecular flexibility index (Phi) is 2.97. The summed E-state index contributed by atoms with van der Waals surface area (Å²) in [6.07, 6.45) is 0. The first-order chi connectivity index (χ1) is 7.25. The molecule has 0 aliphatic heterocycles. The highest BCUT2D eigenvalue weighted by Gasteiger charge is 2.26. The highest BCUT2D eigenvalue weighted by atomic mass is 32.2. The van der Waals surface area contributed by atoms with Crippen molar-refractivity contribution < 1.29 is 32.8 Å². The Morgan fingerprint density at radius 3 is 2.12 bits per heavy atom. The van der Waals surface area contributed by atoms with E-state index in [-0.39, 0.29) is 0 Å². The zero-order valence-corrected chi connectivity index (χ0v) is 8.35. The van der Waals surface area contributed by atoms with E-state index < -0.39 is 38.1 Å². The Labute approximate surface area is 89.7 Å². The SMILES string of the molecule is O=C(O)c1[c]ccc(S(=O)(=O)O)c1C(=O)O. The highest BCUT2D eigenvalue weighted by molar-refractivity contribution is 7.86. The van der Waals surface area contributed by atoms with Gasteiger partial charge >= 0.3 is 11.9 Å². The molecule has 0 unspecified atom stereocenters. The molecule has 0 aromatic heterocycles. The molecule has 7 nitrogen and oxygen atoms in total. The Hall–Kier alpha value is -1.93. The van der Waals surface area contributed by atoms with Crippen LogP contribution in [-0.4, -0.2) is 35.1 Å². The normalized spacial score (nSPS) is 11.1. The maximum Gasteiger partial charge on any atom is 0.338 e. The van der Waals surface area contributed by atoms with Gasteiger partial charge in [-0.05, 0) is 12.1 Å². The first-order valence-corrected chi connectivity index (χ1v) is 5.18. The second kappa shape index (κ2) is 3.91. The lowest BCUT2D eigenvalue weighted by Crippen LogP contribution is -2.14. The summed E-state index contributed by atoms with van der Waals surface area (Å²) >= 11 is 0. The maximum atomic E-state index is 10.8. The van der Waals surface area contributed by atoms with Crippen LogP contribution in [0.4, 0.5) is 0 Å². The third-order valence-electron chi connectivity index (χ3n) is 1.66. The Morgan fingerprint density at radius 2 is 1.75 bits per heavy atom. The number of aromatic carboxylic acids is 2. The van der Waals surface area contributed by atoms with Crippen LogP contribution in [0.5, 0.6) is 0 Å². The second-order valence-corrected chi connectivity index (χ2v) is 4.07. The zero-order chi connectivity index (χ0) is 12.5. The molecule has 85 valence electrons. The van der Waals surface area contributed by atoms with Crippen molar-refractivity contribution in [3.63, 3.8) is 0 Å². The molecule has 16 heavy (non-hydrogen) atoms. The molecule has 0 amide bonds. The number of hydrogen-bond donors (Lipinski definition) is 3. The molecule has 0 saturated heterocycles. The molecule has 1 radical (unpaired) electrons. The summed E-state index contributed by atoms with van der Waals surface area (Å²) in [6, 6.07) is 3.73. The van der Waals surface area contributed by atoms with Crippen molar-refractivity contribution in [2.75, 3.05) is 0 Å². The number of carbonyl (C=O) groups is 2. The minimum atomic E-state index is -4.80. The predicted octanol–water partition coefficient (Wildman–Crippen LogP) is 0.130. The molecule has 1 aromatic rings. The van der Waals surface area contributed by atoms with E-state index in [0.29, 0.717) is 0 Å². The van der Waals surface area contributed by atoms with Crippen molar-refractivity contribution in [2.24, 2.45) is 0 Å². The summed E-state index contributed by atoms with van der Waals surface area (Å²) < 4.78 is 30.4. The van der Waals surface area contributed by atoms with Crippen molar-refractivity contribution in [2.45, 2.75) is 4.90 Å². The van der Waals surface area contributed by atoms with Gasteiger partial charge in [0.25, 0.3) is 10.1 Å². The minimum Gasteiger partial charge on any atom is -0.478 e. The summed E-state index contributed by atoms with van der Waals surface area (Å²) in [5.41, 5.74) is -1.85. The summed E-state index contributed by atoms with van der Waals surface area (Å²) in [6.45, 7) is 0. The second-order valence-electron chi connectivity index (χ2n) is 2.68. The predicted molar refractivity (Wildman–Crippen MR) is 49.0 cm³/mol. The summed E-state index contributed by atoms with van der Waals surface area (Å²) in [5, 5.41) is 17.3. The third kappa shape index (κ3) is 2.18. The molecule has 3 N–H and O–H groups in total. The van der Waals surface area contributed by atoms with Crippen LogP contribution in [0.1, 0.15) is 20.7 Å². The molecule has 0 aliphatic rings. The zero-order valence-electron chi connectivity index (χ0n) is 7.54. The van der Waals surface area contributed by atoms with Gasteiger partial charge in [0.15, 0.2) is 0 Å². The monoisotopic (exact) mass is 245 g/mol. The average molecular weight is 245 g/mol. The molecule has 8 heteroatoms. The van der Waals surface area contributed by atoms with Crippen LogP contribution >= 0.6 is 0 Å². The van der Waals surface area contributed by atoms with E-state index in [1.165, 1.54) is 0 Å². The van der Waals surface area contributed by atoms with Crippen LogP contribution < -0.4 is 0 Å². The Bertz CT molecular complexity index is 558. The largest absolute Gasteiger partial charge is 0.478 e. The van der Waals surface area contributed by atoms with Gasteiger partial charge in [-0.2, -0.15) is 8.42 Å². The van der Waals surface area contributed by atoms with Crippen LogP contribution in [0, 0.1) is 6.07 Å². The van der Waals surface area contributed by atoms with Crippen LogP contribution in [0.15, 0.2) is 17.0 Å². The van der Waals surface area contributed by atoms with E-state index in [4.69, 9.17) is 14.8 Å². The first kappa shape index (κ1) is 12.1. The number of benzene rings is 1.